The summed E-state index contributed by atoms with van der Waals surface area (Å²) >= 11 is 3.47. The number of rotatable bonds is 5. The lowest BCUT2D eigenvalue weighted by Crippen LogP contribution is -2.40. The van der Waals surface area contributed by atoms with Crippen LogP contribution in [0.4, 0.5) is 11.5 Å². The number of carbonyl (C=O) groups is 2. The van der Waals surface area contributed by atoms with Crippen LogP contribution in [0.1, 0.15) is 41.9 Å². The molecule has 0 bridgehead atoms. The number of aryl methyl sites for hydroxylation is 1. The minimum Gasteiger partial charge on any atom is -0.378 e. The average Bonchev–Trinajstić information content (AvgIpc) is 3.40. The zero-order valence-electron chi connectivity index (χ0n) is 22.6. The molecule has 1 saturated heterocycles. The molecule has 2 aliphatic heterocycles. The van der Waals surface area contributed by atoms with Crippen LogP contribution in [0, 0.1) is 0 Å². The van der Waals surface area contributed by atoms with Crippen molar-refractivity contribution in [2.45, 2.75) is 39.3 Å². The Hall–Kier alpha value is -3.76. The molecule has 4 heterocycles. The van der Waals surface area contributed by atoms with Crippen molar-refractivity contribution >= 4 is 44.9 Å². The number of anilines is 2. The first-order valence-corrected chi connectivity index (χ1v) is 14.3. The standard InChI is InChI=1S/C30H31BrN6O3/c1-19-3-6-24-15-23(9-10-26(24)37(19)20(2)38)22-7-4-21(5-8-22)16-32-30(39)25-17-36-18-27(31)34-29(28(36)33-25)35-11-13-40-14-12-35/h4-5,7-10,15,17-19H,3,6,11-14,16H2,1-2H3,(H,32,39)/t19-/m0/s1. The lowest BCUT2D eigenvalue weighted by atomic mass is 9.93. The van der Waals surface area contributed by atoms with Gasteiger partial charge in [-0.25, -0.2) is 9.97 Å². The van der Waals surface area contributed by atoms with E-state index in [-0.39, 0.29) is 17.9 Å². The summed E-state index contributed by atoms with van der Waals surface area (Å²) in [7, 11) is 0. The number of aromatic nitrogens is 3. The van der Waals surface area contributed by atoms with Crippen molar-refractivity contribution in [1.29, 1.82) is 0 Å². The maximum atomic E-state index is 13.0. The Morgan fingerprint density at radius 1 is 1.05 bits per heavy atom. The minimum absolute atomic E-state index is 0.0818. The Morgan fingerprint density at radius 2 is 1.80 bits per heavy atom. The third kappa shape index (κ3) is 5.21. The van der Waals surface area contributed by atoms with Gasteiger partial charge in [0.15, 0.2) is 11.5 Å². The van der Waals surface area contributed by atoms with Crippen molar-refractivity contribution in [2.24, 2.45) is 0 Å². The fraction of sp³-hybridized carbons (Fsp3) is 0.333. The van der Waals surface area contributed by atoms with E-state index in [0.29, 0.717) is 35.7 Å². The highest BCUT2D eigenvalue weighted by Crippen LogP contribution is 2.34. The number of benzene rings is 2. The molecule has 206 valence electrons. The highest BCUT2D eigenvalue weighted by Gasteiger charge is 2.26. The predicted octanol–water partition coefficient (Wildman–Crippen LogP) is 4.61. The zero-order valence-corrected chi connectivity index (χ0v) is 24.1. The van der Waals surface area contributed by atoms with Crippen LogP contribution >= 0.6 is 15.9 Å². The minimum atomic E-state index is -0.240. The number of nitrogens with zero attached hydrogens (tertiary/aromatic N) is 5. The maximum Gasteiger partial charge on any atom is 0.271 e. The SMILES string of the molecule is CC(=O)N1c2ccc(-c3ccc(CNC(=O)c4cn5cc(Br)nc(N6CCOCC6)c5n4)cc3)cc2CC[C@@H]1C. The maximum absolute atomic E-state index is 13.0. The average molecular weight is 604 g/mol. The van der Waals surface area contributed by atoms with Crippen molar-refractivity contribution in [3.05, 3.63) is 76.3 Å². The Labute approximate surface area is 241 Å². The molecule has 1 fully saturated rings. The molecule has 6 rings (SSSR count). The third-order valence-electron chi connectivity index (χ3n) is 7.62. The van der Waals surface area contributed by atoms with Gasteiger partial charge in [0.1, 0.15) is 10.3 Å². The summed E-state index contributed by atoms with van der Waals surface area (Å²) in [5.41, 5.74) is 6.41. The lowest BCUT2D eigenvalue weighted by molar-refractivity contribution is -0.117. The summed E-state index contributed by atoms with van der Waals surface area (Å²) in [5, 5.41) is 2.99. The second-order valence-electron chi connectivity index (χ2n) is 10.3. The summed E-state index contributed by atoms with van der Waals surface area (Å²) < 4.78 is 7.98. The molecular formula is C30H31BrN6O3. The van der Waals surface area contributed by atoms with E-state index in [1.165, 1.54) is 5.56 Å². The Balaban J connectivity index is 1.14. The number of imidazole rings is 1. The van der Waals surface area contributed by atoms with Crippen molar-refractivity contribution < 1.29 is 14.3 Å². The third-order valence-corrected chi connectivity index (χ3v) is 8.01. The molecule has 1 N–H and O–H groups in total. The molecule has 1 atom stereocenters. The Kier molecular flexibility index (Phi) is 7.29. The molecular weight excluding hydrogens is 572 g/mol. The van der Waals surface area contributed by atoms with E-state index in [4.69, 9.17) is 4.74 Å². The second kappa shape index (κ2) is 11.0. The number of ether oxygens (including phenoxy) is 1. The molecule has 2 amide bonds. The molecule has 40 heavy (non-hydrogen) atoms. The summed E-state index contributed by atoms with van der Waals surface area (Å²) in [4.78, 5) is 38.4. The van der Waals surface area contributed by atoms with Crippen molar-refractivity contribution in [3.8, 4) is 11.1 Å². The van der Waals surface area contributed by atoms with Crippen molar-refractivity contribution in [3.63, 3.8) is 0 Å². The van der Waals surface area contributed by atoms with Gasteiger partial charge in [0.25, 0.3) is 5.91 Å². The molecule has 2 aromatic heterocycles. The lowest BCUT2D eigenvalue weighted by Gasteiger charge is -2.34. The molecule has 0 unspecified atom stereocenters. The molecule has 2 aromatic carbocycles. The van der Waals surface area contributed by atoms with E-state index < -0.39 is 0 Å². The van der Waals surface area contributed by atoms with E-state index in [0.717, 1.165) is 54.1 Å². The van der Waals surface area contributed by atoms with E-state index in [2.05, 4.69) is 73.4 Å². The van der Waals surface area contributed by atoms with E-state index in [1.54, 1.807) is 19.3 Å². The van der Waals surface area contributed by atoms with E-state index >= 15 is 0 Å². The second-order valence-corrected chi connectivity index (χ2v) is 11.2. The van der Waals surface area contributed by atoms with Gasteiger partial charge < -0.3 is 24.3 Å². The molecule has 9 nitrogen and oxygen atoms in total. The molecule has 2 aliphatic rings. The number of nitrogens with one attached hydrogen (secondary N) is 1. The summed E-state index contributed by atoms with van der Waals surface area (Å²) in [6, 6.07) is 14.7. The summed E-state index contributed by atoms with van der Waals surface area (Å²) in [6.45, 7) is 6.85. The fourth-order valence-corrected chi connectivity index (χ4v) is 5.94. The largest absolute Gasteiger partial charge is 0.378 e. The first kappa shape index (κ1) is 26.5. The normalized spacial score (nSPS) is 17.1. The fourth-order valence-electron chi connectivity index (χ4n) is 5.55. The Bertz CT molecular complexity index is 1580. The number of hydrogen-bond acceptors (Lipinski definition) is 6. The number of morpholine rings is 1. The summed E-state index contributed by atoms with van der Waals surface area (Å²) in [6.07, 6.45) is 5.46. The van der Waals surface area contributed by atoms with Crippen molar-refractivity contribution in [2.75, 3.05) is 36.1 Å². The number of fused-ring (bicyclic) bond motifs is 2. The highest BCUT2D eigenvalue weighted by atomic mass is 79.9. The van der Waals surface area contributed by atoms with Crippen LogP contribution in [0.15, 0.2) is 59.5 Å². The number of halogens is 1. The molecule has 0 aliphatic carbocycles. The molecule has 0 saturated carbocycles. The topological polar surface area (TPSA) is 92.1 Å². The van der Waals surface area contributed by atoms with Crippen LogP contribution < -0.4 is 15.1 Å². The van der Waals surface area contributed by atoms with Gasteiger partial charge in [0.2, 0.25) is 5.91 Å². The van der Waals surface area contributed by atoms with Crippen LogP contribution in [-0.4, -0.2) is 58.5 Å². The number of hydrogen-bond donors (Lipinski definition) is 1. The Morgan fingerprint density at radius 3 is 2.55 bits per heavy atom. The van der Waals surface area contributed by atoms with Gasteiger partial charge in [-0.15, -0.1) is 0 Å². The van der Waals surface area contributed by atoms with Gasteiger partial charge >= 0.3 is 0 Å². The highest BCUT2D eigenvalue weighted by molar-refractivity contribution is 9.10. The van der Waals surface area contributed by atoms with Crippen LogP contribution in [-0.2, 0) is 22.5 Å². The van der Waals surface area contributed by atoms with Gasteiger partial charge in [-0.2, -0.15) is 0 Å². The van der Waals surface area contributed by atoms with Crippen LogP contribution in [0.5, 0.6) is 0 Å². The smallest absolute Gasteiger partial charge is 0.271 e. The van der Waals surface area contributed by atoms with Crippen molar-refractivity contribution in [1.82, 2.24) is 19.7 Å². The van der Waals surface area contributed by atoms with Crippen LogP contribution in [0.3, 0.4) is 0 Å². The quantitative estimate of drug-likeness (QED) is 0.358. The molecule has 0 spiro atoms. The first-order valence-electron chi connectivity index (χ1n) is 13.6. The van der Waals surface area contributed by atoms with Crippen LogP contribution in [0.25, 0.3) is 16.8 Å². The van der Waals surface area contributed by atoms with Gasteiger partial charge in [0, 0.05) is 50.7 Å². The summed E-state index contributed by atoms with van der Waals surface area (Å²) in [5.74, 6) is 0.576. The van der Waals surface area contributed by atoms with E-state index in [9.17, 15) is 9.59 Å². The molecule has 0 radical (unpaired) electrons. The molecule has 4 aromatic rings. The predicted molar refractivity (Wildman–Crippen MR) is 158 cm³/mol. The zero-order chi connectivity index (χ0) is 27.8. The monoisotopic (exact) mass is 602 g/mol. The van der Waals surface area contributed by atoms with Crippen LogP contribution in [0.2, 0.25) is 0 Å². The van der Waals surface area contributed by atoms with Gasteiger partial charge in [0.05, 0.1) is 13.2 Å². The van der Waals surface area contributed by atoms with Gasteiger partial charge in [-0.1, -0.05) is 30.3 Å². The first-order chi connectivity index (χ1) is 19.4. The van der Waals surface area contributed by atoms with Gasteiger partial charge in [-0.3, -0.25) is 9.59 Å². The van der Waals surface area contributed by atoms with Gasteiger partial charge in [-0.05, 0) is 70.1 Å². The van der Waals surface area contributed by atoms with E-state index in [1.807, 2.05) is 21.4 Å². The number of carbonyl (C=O) groups excluding carboxylic acids is 2. The number of amides is 2. The molecule has 10 heteroatoms.